The molecule has 0 amide bonds. The van der Waals surface area contributed by atoms with E-state index in [1.807, 2.05) is 6.92 Å². The molecule has 0 saturated heterocycles. The van der Waals surface area contributed by atoms with E-state index in [9.17, 15) is 15.0 Å². The fourth-order valence-corrected chi connectivity index (χ4v) is 7.04. The number of ketones is 1. The number of carbonyl (C=O) groups is 1. The van der Waals surface area contributed by atoms with Gasteiger partial charge in [-0.05, 0) is 55.3 Å². The van der Waals surface area contributed by atoms with Crippen LogP contribution in [-0.2, 0) is 4.79 Å². The molecule has 0 unspecified atom stereocenters. The highest BCUT2D eigenvalue weighted by Gasteiger charge is 2.68. The summed E-state index contributed by atoms with van der Waals surface area (Å²) in [7, 11) is 0. The first-order valence-corrected chi connectivity index (χ1v) is 9.31. The van der Waals surface area contributed by atoms with E-state index in [1.165, 1.54) is 5.57 Å². The van der Waals surface area contributed by atoms with Crippen LogP contribution >= 0.6 is 0 Å². The Balaban J connectivity index is 1.83. The van der Waals surface area contributed by atoms with Crippen LogP contribution in [0.4, 0.5) is 0 Å². The summed E-state index contributed by atoms with van der Waals surface area (Å²) in [6.07, 6.45) is 8.64. The number of carbonyl (C=O) groups excluding carboxylic acids is 1. The third kappa shape index (κ3) is 1.71. The van der Waals surface area contributed by atoms with E-state index in [1.54, 1.807) is 0 Å². The second-order valence-electron chi connectivity index (χ2n) is 9.44. The van der Waals surface area contributed by atoms with Crippen molar-refractivity contribution >= 4 is 5.78 Å². The molecule has 23 heavy (non-hydrogen) atoms. The van der Waals surface area contributed by atoms with E-state index < -0.39 is 11.0 Å². The molecule has 2 N–H and O–H groups in total. The molecule has 0 aromatic heterocycles. The number of hydrogen-bond acceptors (Lipinski definition) is 3. The number of Topliss-reactive ketones (excluding diaryl/α,β-unsaturated/α-hetero) is 1. The molecular weight excluding hydrogens is 288 g/mol. The van der Waals surface area contributed by atoms with Crippen molar-refractivity contribution in [3.63, 3.8) is 0 Å². The fourth-order valence-electron chi connectivity index (χ4n) is 7.04. The minimum Gasteiger partial charge on any atom is -0.396 e. The number of aliphatic hydroxyl groups is 2. The summed E-state index contributed by atoms with van der Waals surface area (Å²) in [5, 5.41) is 21.0. The van der Waals surface area contributed by atoms with Gasteiger partial charge in [0.1, 0.15) is 5.78 Å². The molecule has 0 heterocycles. The highest BCUT2D eigenvalue weighted by Crippen LogP contribution is 2.70. The second-order valence-corrected chi connectivity index (χ2v) is 9.44. The highest BCUT2D eigenvalue weighted by atomic mass is 16.3. The lowest BCUT2D eigenvalue weighted by Crippen LogP contribution is -2.54. The average molecular weight is 318 g/mol. The zero-order chi connectivity index (χ0) is 16.7. The van der Waals surface area contributed by atoms with E-state index >= 15 is 0 Å². The van der Waals surface area contributed by atoms with E-state index in [-0.39, 0.29) is 29.1 Å². The molecular formula is C20H30O3. The van der Waals surface area contributed by atoms with Crippen LogP contribution < -0.4 is 0 Å². The van der Waals surface area contributed by atoms with Gasteiger partial charge in [-0.25, -0.2) is 0 Å². The summed E-state index contributed by atoms with van der Waals surface area (Å²) in [4.78, 5) is 13.1. The standard InChI is InChI=1S/C20H30O3/c1-13-16(22)19-9-5-14-17(2,12-21)7-4-8-18(14,3)15(19)6-10-20(13,23)11-19/h6,13-14,21,23H,4-5,7-12H2,1-3H3/t13-,14-,17-,18-,19-,20+/m1/s1. The molecule has 0 aromatic rings. The minimum absolute atomic E-state index is 0.00896. The lowest BCUT2D eigenvalue weighted by Gasteiger charge is -2.60. The third-order valence-corrected chi connectivity index (χ3v) is 8.34. The van der Waals surface area contributed by atoms with E-state index in [0.717, 1.165) is 32.1 Å². The van der Waals surface area contributed by atoms with Gasteiger partial charge in [0, 0.05) is 12.5 Å². The molecule has 4 rings (SSSR count). The topological polar surface area (TPSA) is 57.5 Å². The van der Waals surface area contributed by atoms with Crippen molar-refractivity contribution < 1.29 is 15.0 Å². The SMILES string of the molecule is C[C@@H]1C(=O)[C@@]23CC[C@@H]4[C@@](C)(CO)CCC[C@@]4(C)C2=CC[C@]1(O)C3. The molecule has 0 aliphatic heterocycles. The summed E-state index contributed by atoms with van der Waals surface area (Å²) in [5.74, 6) is 0.476. The first kappa shape index (κ1) is 15.8. The molecule has 1 spiro atoms. The summed E-state index contributed by atoms with van der Waals surface area (Å²) in [6, 6.07) is 0. The molecule has 128 valence electrons. The van der Waals surface area contributed by atoms with Gasteiger partial charge in [0.2, 0.25) is 0 Å². The number of allylic oxidation sites excluding steroid dienone is 1. The molecule has 3 fully saturated rings. The molecule has 3 heteroatoms. The van der Waals surface area contributed by atoms with E-state index in [4.69, 9.17) is 0 Å². The zero-order valence-electron chi connectivity index (χ0n) is 14.7. The normalized spacial score (nSPS) is 55.2. The fraction of sp³-hybridized carbons (Fsp3) is 0.850. The summed E-state index contributed by atoms with van der Waals surface area (Å²) >= 11 is 0. The molecule has 0 radical (unpaired) electrons. The van der Waals surface area contributed by atoms with Crippen LogP contribution in [0.15, 0.2) is 11.6 Å². The summed E-state index contributed by atoms with van der Waals surface area (Å²) < 4.78 is 0. The van der Waals surface area contributed by atoms with Gasteiger partial charge in [0.05, 0.1) is 11.0 Å². The van der Waals surface area contributed by atoms with Gasteiger partial charge in [0.25, 0.3) is 0 Å². The van der Waals surface area contributed by atoms with Crippen molar-refractivity contribution in [2.24, 2.45) is 28.1 Å². The average Bonchev–Trinajstić information content (AvgIpc) is 2.65. The van der Waals surface area contributed by atoms with Crippen molar-refractivity contribution in [1.29, 1.82) is 0 Å². The van der Waals surface area contributed by atoms with Crippen LogP contribution in [0, 0.1) is 28.1 Å². The van der Waals surface area contributed by atoms with Gasteiger partial charge in [-0.3, -0.25) is 4.79 Å². The molecule has 4 aliphatic rings. The van der Waals surface area contributed by atoms with Gasteiger partial charge in [0.15, 0.2) is 0 Å². The van der Waals surface area contributed by atoms with Crippen molar-refractivity contribution in [3.05, 3.63) is 11.6 Å². The number of aliphatic hydroxyl groups excluding tert-OH is 1. The first-order valence-electron chi connectivity index (χ1n) is 9.31. The first-order chi connectivity index (χ1) is 10.7. The third-order valence-electron chi connectivity index (χ3n) is 8.34. The summed E-state index contributed by atoms with van der Waals surface area (Å²) in [6.45, 7) is 6.72. The maximum atomic E-state index is 13.1. The largest absolute Gasteiger partial charge is 0.396 e. The van der Waals surface area contributed by atoms with Gasteiger partial charge >= 0.3 is 0 Å². The zero-order valence-corrected chi connectivity index (χ0v) is 14.7. The number of fused-ring (bicyclic) bond motifs is 3. The maximum Gasteiger partial charge on any atom is 0.148 e. The van der Waals surface area contributed by atoms with Crippen molar-refractivity contribution in [3.8, 4) is 0 Å². The van der Waals surface area contributed by atoms with Crippen LogP contribution in [0.5, 0.6) is 0 Å². The quantitative estimate of drug-likeness (QED) is 0.730. The predicted octanol–water partition coefficient (Wildman–Crippen LogP) is 3.24. The molecule has 3 nitrogen and oxygen atoms in total. The maximum absolute atomic E-state index is 13.1. The lowest BCUT2D eigenvalue weighted by atomic mass is 9.44. The van der Waals surface area contributed by atoms with Crippen LogP contribution in [-0.4, -0.2) is 28.2 Å². The molecule has 4 aliphatic carbocycles. The summed E-state index contributed by atoms with van der Waals surface area (Å²) in [5.41, 5.74) is 0.0648. The number of hydrogen-bond donors (Lipinski definition) is 2. The number of rotatable bonds is 1. The van der Waals surface area contributed by atoms with Crippen molar-refractivity contribution in [1.82, 2.24) is 0 Å². The Bertz CT molecular complexity index is 596. The lowest BCUT2D eigenvalue weighted by molar-refractivity contribution is -0.133. The smallest absolute Gasteiger partial charge is 0.148 e. The van der Waals surface area contributed by atoms with Gasteiger partial charge in [-0.15, -0.1) is 0 Å². The Morgan fingerprint density at radius 2 is 2.00 bits per heavy atom. The van der Waals surface area contributed by atoms with Gasteiger partial charge in [-0.1, -0.05) is 38.8 Å². The monoisotopic (exact) mass is 318 g/mol. The molecule has 6 atom stereocenters. The van der Waals surface area contributed by atoms with Crippen LogP contribution in [0.25, 0.3) is 0 Å². The van der Waals surface area contributed by atoms with Gasteiger partial charge < -0.3 is 10.2 Å². The minimum atomic E-state index is -0.821. The van der Waals surface area contributed by atoms with Crippen molar-refractivity contribution in [2.75, 3.05) is 6.61 Å². The van der Waals surface area contributed by atoms with E-state index in [2.05, 4.69) is 19.9 Å². The molecule has 2 bridgehead atoms. The second kappa shape index (κ2) is 4.49. The Labute approximate surface area is 139 Å². The molecule has 3 saturated carbocycles. The van der Waals surface area contributed by atoms with Gasteiger partial charge in [-0.2, -0.15) is 0 Å². The molecule has 0 aromatic carbocycles. The Morgan fingerprint density at radius 3 is 2.70 bits per heavy atom. The Morgan fingerprint density at radius 1 is 1.26 bits per heavy atom. The van der Waals surface area contributed by atoms with Crippen LogP contribution in [0.3, 0.4) is 0 Å². The predicted molar refractivity (Wildman–Crippen MR) is 88.7 cm³/mol. The van der Waals surface area contributed by atoms with Crippen LogP contribution in [0.1, 0.15) is 65.7 Å². The highest BCUT2D eigenvalue weighted by molar-refractivity contribution is 5.94. The Kier molecular flexibility index (Phi) is 3.09. The van der Waals surface area contributed by atoms with E-state index in [0.29, 0.717) is 18.8 Å². The van der Waals surface area contributed by atoms with Crippen LogP contribution in [0.2, 0.25) is 0 Å². The Hall–Kier alpha value is -0.670. The van der Waals surface area contributed by atoms with Crippen molar-refractivity contribution in [2.45, 2.75) is 71.3 Å².